The highest BCUT2D eigenvalue weighted by atomic mass is 31.2. The van der Waals surface area contributed by atoms with Gasteiger partial charge in [-0.2, -0.15) is 0 Å². The Balaban J connectivity index is 2.76. The summed E-state index contributed by atoms with van der Waals surface area (Å²) < 4.78 is 23.6. The van der Waals surface area contributed by atoms with E-state index >= 15 is 0 Å². The van der Waals surface area contributed by atoms with E-state index in [2.05, 4.69) is 0 Å². The van der Waals surface area contributed by atoms with Crippen LogP contribution in [-0.2, 0) is 13.6 Å². The fourth-order valence-corrected chi connectivity index (χ4v) is 4.72. The lowest BCUT2D eigenvalue weighted by molar-refractivity contribution is 0.0691. The molecule has 5 heteroatoms. The molecule has 4 nitrogen and oxygen atoms in total. The molecule has 1 unspecified atom stereocenters. The van der Waals surface area contributed by atoms with Crippen molar-refractivity contribution in [2.45, 2.75) is 77.9 Å². The topological polar surface area (TPSA) is 55.8 Å². The Labute approximate surface area is 111 Å². The van der Waals surface area contributed by atoms with Gasteiger partial charge in [0, 0.05) is 0 Å². The summed E-state index contributed by atoms with van der Waals surface area (Å²) in [6.07, 6.45) is 4.77. The van der Waals surface area contributed by atoms with Gasteiger partial charge in [-0.3, -0.25) is 4.57 Å². The Morgan fingerprint density at radius 2 is 1.44 bits per heavy atom. The van der Waals surface area contributed by atoms with Crippen LogP contribution in [0.5, 0.6) is 0 Å². The smallest absolute Gasteiger partial charge is 0.359 e. The SMILES string of the molecule is CC(C)OP(=O)(OC(C)C)C(O)C1CCCCC1. The molecule has 0 spiro atoms. The molecule has 0 aromatic carbocycles. The van der Waals surface area contributed by atoms with Gasteiger partial charge in [0.15, 0.2) is 5.85 Å². The van der Waals surface area contributed by atoms with Crippen LogP contribution in [0.1, 0.15) is 59.8 Å². The van der Waals surface area contributed by atoms with Crippen molar-refractivity contribution < 1.29 is 18.7 Å². The molecule has 0 aromatic heterocycles. The molecule has 1 fully saturated rings. The second kappa shape index (κ2) is 7.04. The van der Waals surface area contributed by atoms with Crippen molar-refractivity contribution in [2.75, 3.05) is 0 Å². The third-order valence-electron chi connectivity index (χ3n) is 3.11. The van der Waals surface area contributed by atoms with E-state index in [0.717, 1.165) is 25.7 Å². The molecule has 0 aromatic rings. The zero-order valence-electron chi connectivity index (χ0n) is 12.0. The largest absolute Gasteiger partial charge is 0.380 e. The third kappa shape index (κ3) is 4.65. The predicted octanol–water partition coefficient (Wildman–Crippen LogP) is 3.93. The average Bonchev–Trinajstić information content (AvgIpc) is 2.27. The van der Waals surface area contributed by atoms with Crippen molar-refractivity contribution in [3.05, 3.63) is 0 Å². The zero-order chi connectivity index (χ0) is 13.8. The Kier molecular flexibility index (Phi) is 6.32. The van der Waals surface area contributed by atoms with Gasteiger partial charge in [-0.15, -0.1) is 0 Å². The average molecular weight is 278 g/mol. The van der Waals surface area contributed by atoms with Gasteiger partial charge in [0.25, 0.3) is 0 Å². The highest BCUT2D eigenvalue weighted by Crippen LogP contribution is 2.57. The lowest BCUT2D eigenvalue weighted by atomic mass is 9.90. The summed E-state index contributed by atoms with van der Waals surface area (Å²) in [7, 11) is -3.44. The van der Waals surface area contributed by atoms with E-state index < -0.39 is 13.4 Å². The second-order valence-corrected chi connectivity index (χ2v) is 7.69. The van der Waals surface area contributed by atoms with Crippen LogP contribution in [0.2, 0.25) is 0 Å². The summed E-state index contributed by atoms with van der Waals surface area (Å²) in [4.78, 5) is 0. The molecule has 0 aliphatic heterocycles. The first-order chi connectivity index (χ1) is 8.35. The fourth-order valence-electron chi connectivity index (χ4n) is 2.43. The van der Waals surface area contributed by atoms with Gasteiger partial charge in [0.05, 0.1) is 12.2 Å². The Morgan fingerprint density at radius 1 is 1.00 bits per heavy atom. The van der Waals surface area contributed by atoms with Crippen LogP contribution in [0.25, 0.3) is 0 Å². The Morgan fingerprint density at radius 3 is 1.83 bits per heavy atom. The van der Waals surface area contributed by atoms with Gasteiger partial charge >= 0.3 is 7.60 Å². The van der Waals surface area contributed by atoms with Crippen molar-refractivity contribution in [3.8, 4) is 0 Å². The van der Waals surface area contributed by atoms with Crippen LogP contribution in [0.3, 0.4) is 0 Å². The van der Waals surface area contributed by atoms with E-state index in [1.807, 2.05) is 27.7 Å². The maximum absolute atomic E-state index is 12.7. The monoisotopic (exact) mass is 278 g/mol. The van der Waals surface area contributed by atoms with Crippen LogP contribution in [0.15, 0.2) is 0 Å². The van der Waals surface area contributed by atoms with E-state index in [1.54, 1.807) is 0 Å². The van der Waals surface area contributed by atoms with Crippen molar-refractivity contribution in [1.29, 1.82) is 0 Å². The number of rotatable bonds is 6. The molecule has 1 saturated carbocycles. The highest BCUT2D eigenvalue weighted by Gasteiger charge is 2.41. The normalized spacial score (nSPS) is 20.6. The molecule has 0 amide bonds. The van der Waals surface area contributed by atoms with E-state index in [4.69, 9.17) is 9.05 Å². The predicted molar refractivity (Wildman–Crippen MR) is 72.6 cm³/mol. The lowest BCUT2D eigenvalue weighted by Crippen LogP contribution is -2.27. The standard InChI is InChI=1S/C13H27O4P/c1-10(2)16-18(15,17-11(3)4)13(14)12-8-6-5-7-9-12/h10-14H,5-9H2,1-4H3. The number of aliphatic hydroxyl groups is 1. The number of hydrogen-bond acceptors (Lipinski definition) is 4. The molecule has 1 aliphatic carbocycles. The molecule has 0 bridgehead atoms. The Bertz CT molecular complexity index is 271. The summed E-state index contributed by atoms with van der Waals surface area (Å²) >= 11 is 0. The minimum atomic E-state index is -3.44. The summed E-state index contributed by atoms with van der Waals surface area (Å²) in [6.45, 7) is 7.24. The van der Waals surface area contributed by atoms with Crippen LogP contribution >= 0.6 is 7.60 Å². The van der Waals surface area contributed by atoms with Gasteiger partial charge in [-0.25, -0.2) is 0 Å². The Hall–Kier alpha value is 0.110. The van der Waals surface area contributed by atoms with Crippen molar-refractivity contribution in [3.63, 3.8) is 0 Å². The third-order valence-corrected chi connectivity index (χ3v) is 5.61. The molecular formula is C13H27O4P. The lowest BCUT2D eigenvalue weighted by Gasteiger charge is -2.33. The summed E-state index contributed by atoms with van der Waals surface area (Å²) in [5, 5.41) is 10.4. The van der Waals surface area contributed by atoms with Crippen molar-refractivity contribution in [2.24, 2.45) is 5.92 Å². The van der Waals surface area contributed by atoms with Crippen LogP contribution in [0, 0.1) is 5.92 Å². The van der Waals surface area contributed by atoms with Crippen molar-refractivity contribution in [1.82, 2.24) is 0 Å². The van der Waals surface area contributed by atoms with E-state index in [0.29, 0.717) is 0 Å². The first kappa shape index (κ1) is 16.2. The van der Waals surface area contributed by atoms with E-state index in [1.165, 1.54) is 6.42 Å². The van der Waals surface area contributed by atoms with Crippen molar-refractivity contribution >= 4 is 7.60 Å². The van der Waals surface area contributed by atoms with Crippen LogP contribution < -0.4 is 0 Å². The summed E-state index contributed by atoms with van der Waals surface area (Å²) in [5.74, 6) is -0.940. The minimum absolute atomic E-state index is 0.0436. The van der Waals surface area contributed by atoms with Gasteiger partial charge < -0.3 is 14.2 Å². The minimum Gasteiger partial charge on any atom is -0.380 e. The van der Waals surface area contributed by atoms with Crippen LogP contribution in [-0.4, -0.2) is 23.2 Å². The molecule has 1 N–H and O–H groups in total. The first-order valence-electron chi connectivity index (χ1n) is 6.99. The molecule has 108 valence electrons. The quantitative estimate of drug-likeness (QED) is 0.748. The van der Waals surface area contributed by atoms with E-state index in [-0.39, 0.29) is 18.1 Å². The number of aliphatic hydroxyl groups excluding tert-OH is 1. The second-order valence-electron chi connectivity index (χ2n) is 5.66. The van der Waals surface area contributed by atoms with E-state index in [9.17, 15) is 9.67 Å². The molecule has 0 heterocycles. The van der Waals surface area contributed by atoms with Gasteiger partial charge in [-0.05, 0) is 46.5 Å². The molecule has 0 radical (unpaired) electrons. The molecule has 1 rings (SSSR count). The first-order valence-corrected chi connectivity index (χ1v) is 8.61. The molecular weight excluding hydrogens is 251 g/mol. The van der Waals surface area contributed by atoms with Gasteiger partial charge in [0.1, 0.15) is 0 Å². The summed E-state index contributed by atoms with van der Waals surface area (Å²) in [6, 6.07) is 0. The molecule has 1 aliphatic rings. The molecule has 0 saturated heterocycles. The maximum Gasteiger partial charge on any atom is 0.359 e. The van der Waals surface area contributed by atoms with Gasteiger partial charge in [-0.1, -0.05) is 19.3 Å². The van der Waals surface area contributed by atoms with Gasteiger partial charge in [0.2, 0.25) is 0 Å². The van der Waals surface area contributed by atoms with Crippen LogP contribution in [0.4, 0.5) is 0 Å². The fraction of sp³-hybridized carbons (Fsp3) is 1.00. The number of hydrogen-bond donors (Lipinski definition) is 1. The summed E-state index contributed by atoms with van der Waals surface area (Å²) in [5.41, 5.74) is 0. The highest BCUT2D eigenvalue weighted by molar-refractivity contribution is 7.54. The molecule has 18 heavy (non-hydrogen) atoms. The molecule has 1 atom stereocenters. The zero-order valence-corrected chi connectivity index (χ0v) is 12.9. The maximum atomic E-state index is 12.7.